The average Bonchev–Trinajstić information content (AvgIpc) is 2.72. The smallest absolute Gasteiger partial charge is 0.166 e. The maximum atomic E-state index is 5.62. The molecule has 2 aromatic rings. The average molecular weight is 428 g/mol. The monoisotopic (exact) mass is 427 g/mol. The SMILES string of the molecule is CCNC(=S)N[C@@H](C)[C@@H]1c2cc(OC)c(OC)cc2CCN1Cc1cccc(C)c1. The van der Waals surface area contributed by atoms with Gasteiger partial charge in [-0.1, -0.05) is 29.8 Å². The number of rotatable bonds is 7. The van der Waals surface area contributed by atoms with Gasteiger partial charge in [0.05, 0.1) is 20.3 Å². The van der Waals surface area contributed by atoms with Gasteiger partial charge in [-0.2, -0.15) is 0 Å². The minimum atomic E-state index is 0.124. The van der Waals surface area contributed by atoms with Crippen LogP contribution in [-0.4, -0.2) is 43.4 Å². The van der Waals surface area contributed by atoms with Crippen molar-refractivity contribution >= 4 is 17.3 Å². The summed E-state index contributed by atoms with van der Waals surface area (Å²) in [4.78, 5) is 2.54. The quantitative estimate of drug-likeness (QED) is 0.652. The van der Waals surface area contributed by atoms with Gasteiger partial charge in [0.25, 0.3) is 0 Å². The number of fused-ring (bicyclic) bond motifs is 1. The Bertz CT molecular complexity index is 887. The van der Waals surface area contributed by atoms with Gasteiger partial charge in [-0.15, -0.1) is 0 Å². The molecule has 6 heteroatoms. The number of nitrogens with one attached hydrogen (secondary N) is 2. The molecule has 30 heavy (non-hydrogen) atoms. The Kier molecular flexibility index (Phi) is 7.56. The normalized spacial score (nSPS) is 17.0. The summed E-state index contributed by atoms with van der Waals surface area (Å²) in [5.74, 6) is 1.55. The lowest BCUT2D eigenvalue weighted by atomic mass is 9.87. The van der Waals surface area contributed by atoms with Crippen LogP contribution in [0.2, 0.25) is 0 Å². The van der Waals surface area contributed by atoms with E-state index in [1.807, 2.05) is 0 Å². The second-order valence-corrected chi connectivity index (χ2v) is 8.26. The lowest BCUT2D eigenvalue weighted by Gasteiger charge is -2.41. The molecule has 2 aromatic carbocycles. The molecule has 0 saturated heterocycles. The van der Waals surface area contributed by atoms with Crippen LogP contribution < -0.4 is 20.1 Å². The summed E-state index contributed by atoms with van der Waals surface area (Å²) in [6, 6.07) is 13.3. The Balaban J connectivity index is 1.97. The van der Waals surface area contributed by atoms with E-state index in [9.17, 15) is 0 Å². The molecule has 0 unspecified atom stereocenters. The molecule has 3 rings (SSSR count). The third-order valence-electron chi connectivity index (χ3n) is 5.66. The van der Waals surface area contributed by atoms with E-state index in [1.165, 1.54) is 22.3 Å². The van der Waals surface area contributed by atoms with Gasteiger partial charge in [-0.05, 0) is 68.2 Å². The molecule has 162 valence electrons. The summed E-state index contributed by atoms with van der Waals surface area (Å²) in [5, 5.41) is 7.39. The third-order valence-corrected chi connectivity index (χ3v) is 5.93. The predicted molar refractivity (Wildman–Crippen MR) is 126 cm³/mol. The summed E-state index contributed by atoms with van der Waals surface area (Å²) < 4.78 is 11.2. The molecular weight excluding hydrogens is 394 g/mol. The van der Waals surface area contributed by atoms with Crippen molar-refractivity contribution in [2.75, 3.05) is 27.3 Å². The molecule has 0 radical (unpaired) electrons. The number of hydrogen-bond acceptors (Lipinski definition) is 4. The van der Waals surface area contributed by atoms with Crippen molar-refractivity contribution in [2.24, 2.45) is 0 Å². The molecule has 1 heterocycles. The van der Waals surface area contributed by atoms with Crippen molar-refractivity contribution in [3.05, 3.63) is 58.7 Å². The number of benzene rings is 2. The van der Waals surface area contributed by atoms with Gasteiger partial charge in [-0.25, -0.2) is 0 Å². The molecule has 0 aliphatic carbocycles. The Hall–Kier alpha value is -2.31. The summed E-state index contributed by atoms with van der Waals surface area (Å²) in [6.07, 6.45) is 0.975. The number of nitrogens with zero attached hydrogens (tertiary/aromatic N) is 1. The highest BCUT2D eigenvalue weighted by atomic mass is 32.1. The minimum absolute atomic E-state index is 0.124. The highest BCUT2D eigenvalue weighted by Gasteiger charge is 2.33. The summed E-state index contributed by atoms with van der Waals surface area (Å²) in [5.41, 5.74) is 5.18. The second kappa shape index (κ2) is 10.1. The molecule has 1 aliphatic heterocycles. The predicted octanol–water partition coefficient (Wildman–Crippen LogP) is 3.98. The minimum Gasteiger partial charge on any atom is -0.493 e. The molecular formula is C24H33N3O2S. The van der Waals surface area contributed by atoms with E-state index < -0.39 is 0 Å². The van der Waals surface area contributed by atoms with Crippen LogP contribution in [0.4, 0.5) is 0 Å². The molecule has 0 saturated carbocycles. The maximum absolute atomic E-state index is 5.62. The van der Waals surface area contributed by atoms with E-state index in [1.54, 1.807) is 14.2 Å². The summed E-state index contributed by atoms with van der Waals surface area (Å²) in [7, 11) is 3.38. The number of ether oxygens (including phenoxy) is 2. The topological polar surface area (TPSA) is 45.8 Å². The Morgan fingerprint density at radius 3 is 2.60 bits per heavy atom. The first kappa shape index (κ1) is 22.4. The maximum Gasteiger partial charge on any atom is 0.166 e. The van der Waals surface area contributed by atoms with Gasteiger partial charge in [0, 0.05) is 25.7 Å². The Morgan fingerprint density at radius 2 is 1.93 bits per heavy atom. The standard InChI is InChI=1S/C24H33N3O2S/c1-6-25-24(30)26-17(3)23-20-14-22(29-5)21(28-4)13-19(20)10-11-27(23)15-18-9-7-8-16(2)12-18/h7-9,12-14,17,23H,6,10-11,15H2,1-5H3,(H2,25,26,30)/t17-,23+/m0/s1. The van der Waals surface area contributed by atoms with Gasteiger partial charge in [0.1, 0.15) is 0 Å². The fraction of sp³-hybridized carbons (Fsp3) is 0.458. The van der Waals surface area contributed by atoms with Crippen LogP contribution in [-0.2, 0) is 13.0 Å². The molecule has 2 atom stereocenters. The first-order valence-corrected chi connectivity index (χ1v) is 11.0. The number of aryl methyl sites for hydroxylation is 1. The van der Waals surface area contributed by atoms with Gasteiger partial charge in [0.2, 0.25) is 0 Å². The zero-order valence-electron chi connectivity index (χ0n) is 18.6. The van der Waals surface area contributed by atoms with Crippen molar-refractivity contribution < 1.29 is 9.47 Å². The van der Waals surface area contributed by atoms with Crippen LogP contribution in [0, 0.1) is 6.92 Å². The van der Waals surface area contributed by atoms with E-state index in [4.69, 9.17) is 21.7 Å². The van der Waals surface area contributed by atoms with Gasteiger partial charge < -0.3 is 20.1 Å². The third kappa shape index (κ3) is 5.05. The van der Waals surface area contributed by atoms with E-state index in [2.05, 4.69) is 72.7 Å². The van der Waals surface area contributed by atoms with Crippen molar-refractivity contribution in [3.8, 4) is 11.5 Å². The van der Waals surface area contributed by atoms with Crippen molar-refractivity contribution in [1.82, 2.24) is 15.5 Å². The zero-order chi connectivity index (χ0) is 21.7. The fourth-order valence-electron chi connectivity index (χ4n) is 4.33. The highest BCUT2D eigenvalue weighted by molar-refractivity contribution is 7.80. The van der Waals surface area contributed by atoms with E-state index in [0.29, 0.717) is 5.11 Å². The molecule has 0 spiro atoms. The van der Waals surface area contributed by atoms with E-state index in [-0.39, 0.29) is 12.1 Å². The van der Waals surface area contributed by atoms with Gasteiger partial charge in [0.15, 0.2) is 16.6 Å². The van der Waals surface area contributed by atoms with Gasteiger partial charge in [-0.3, -0.25) is 4.90 Å². The first-order valence-electron chi connectivity index (χ1n) is 10.6. The molecule has 0 fully saturated rings. The number of hydrogen-bond donors (Lipinski definition) is 2. The Labute approximate surface area is 185 Å². The van der Waals surface area contributed by atoms with Crippen molar-refractivity contribution in [3.63, 3.8) is 0 Å². The van der Waals surface area contributed by atoms with Crippen molar-refractivity contribution in [1.29, 1.82) is 0 Å². The van der Waals surface area contributed by atoms with Crippen molar-refractivity contribution in [2.45, 2.75) is 45.8 Å². The molecule has 0 bridgehead atoms. The fourth-order valence-corrected chi connectivity index (χ4v) is 4.66. The lowest BCUT2D eigenvalue weighted by molar-refractivity contribution is 0.149. The van der Waals surface area contributed by atoms with Crippen LogP contribution in [0.1, 0.15) is 42.1 Å². The van der Waals surface area contributed by atoms with Crippen LogP contribution in [0.25, 0.3) is 0 Å². The van der Waals surface area contributed by atoms with Crippen LogP contribution in [0.5, 0.6) is 11.5 Å². The van der Waals surface area contributed by atoms with Crippen LogP contribution >= 0.6 is 12.2 Å². The highest BCUT2D eigenvalue weighted by Crippen LogP contribution is 2.40. The van der Waals surface area contributed by atoms with Crippen LogP contribution in [0.15, 0.2) is 36.4 Å². The first-order chi connectivity index (χ1) is 14.5. The van der Waals surface area contributed by atoms with Gasteiger partial charge >= 0.3 is 0 Å². The molecule has 5 nitrogen and oxygen atoms in total. The number of methoxy groups -OCH3 is 2. The molecule has 2 N–H and O–H groups in total. The van der Waals surface area contributed by atoms with Crippen LogP contribution in [0.3, 0.4) is 0 Å². The molecule has 1 aliphatic rings. The van der Waals surface area contributed by atoms with E-state index in [0.717, 1.165) is 37.6 Å². The zero-order valence-corrected chi connectivity index (χ0v) is 19.4. The summed E-state index contributed by atoms with van der Waals surface area (Å²) >= 11 is 5.49. The van der Waals surface area contributed by atoms with E-state index >= 15 is 0 Å². The molecule has 0 aromatic heterocycles. The summed E-state index contributed by atoms with van der Waals surface area (Å²) in [6.45, 7) is 9.06. The second-order valence-electron chi connectivity index (χ2n) is 7.85. The largest absolute Gasteiger partial charge is 0.493 e. The number of thiocarbonyl (C=S) groups is 1. The molecule has 0 amide bonds. The Morgan fingerprint density at radius 1 is 1.20 bits per heavy atom. The lowest BCUT2D eigenvalue weighted by Crippen LogP contribution is -2.49.